The van der Waals surface area contributed by atoms with Crippen LogP contribution in [0.4, 0.5) is 0 Å². The molecule has 0 unspecified atom stereocenters. The first-order chi connectivity index (χ1) is 5.96. The highest BCUT2D eigenvalue weighted by Gasteiger charge is 2.17. The Bertz CT molecular complexity index is 414. The topological polar surface area (TPSA) is 69.4 Å². The van der Waals surface area contributed by atoms with E-state index in [9.17, 15) is 8.42 Å². The fraction of sp³-hybridized carbons (Fsp3) is 0.143. The van der Waals surface area contributed by atoms with Crippen LogP contribution in [0.1, 0.15) is 0 Å². The number of benzene rings is 1. The van der Waals surface area contributed by atoms with Crippen LogP contribution in [0.5, 0.6) is 5.75 Å². The van der Waals surface area contributed by atoms with Crippen LogP contribution in [0.25, 0.3) is 0 Å². The SMILES string of the molecule is COc1cccc(S)c1S(N)(=O)=O. The molecule has 0 heterocycles. The number of methoxy groups -OCH3 is 1. The van der Waals surface area contributed by atoms with Crippen molar-refractivity contribution in [2.75, 3.05) is 7.11 Å². The summed E-state index contributed by atoms with van der Waals surface area (Å²) in [6, 6.07) is 4.68. The van der Waals surface area contributed by atoms with Gasteiger partial charge in [0.05, 0.1) is 7.11 Å². The molecule has 0 aromatic heterocycles. The van der Waals surface area contributed by atoms with E-state index in [4.69, 9.17) is 9.88 Å². The molecule has 0 radical (unpaired) electrons. The van der Waals surface area contributed by atoms with Gasteiger partial charge in [0.15, 0.2) is 0 Å². The van der Waals surface area contributed by atoms with Gasteiger partial charge in [-0.2, -0.15) is 0 Å². The zero-order chi connectivity index (χ0) is 10.1. The zero-order valence-electron chi connectivity index (χ0n) is 6.89. The van der Waals surface area contributed by atoms with Crippen LogP contribution in [0.2, 0.25) is 0 Å². The van der Waals surface area contributed by atoms with E-state index in [0.29, 0.717) is 0 Å². The molecule has 72 valence electrons. The largest absolute Gasteiger partial charge is 0.495 e. The van der Waals surface area contributed by atoms with Gasteiger partial charge >= 0.3 is 0 Å². The lowest BCUT2D eigenvalue weighted by Gasteiger charge is -2.07. The normalized spacial score (nSPS) is 11.3. The number of thiol groups is 1. The Labute approximate surface area is 82.2 Å². The van der Waals surface area contributed by atoms with Crippen molar-refractivity contribution in [3.63, 3.8) is 0 Å². The van der Waals surface area contributed by atoms with Crippen LogP contribution in [-0.2, 0) is 10.0 Å². The molecule has 1 aromatic carbocycles. The second-order valence-electron chi connectivity index (χ2n) is 2.35. The number of hydrogen-bond acceptors (Lipinski definition) is 4. The quantitative estimate of drug-likeness (QED) is 0.717. The molecule has 13 heavy (non-hydrogen) atoms. The van der Waals surface area contributed by atoms with Crippen LogP contribution >= 0.6 is 12.6 Å². The molecule has 0 aliphatic carbocycles. The predicted molar refractivity (Wildman–Crippen MR) is 51.6 cm³/mol. The van der Waals surface area contributed by atoms with Gasteiger partial charge in [-0.1, -0.05) is 6.07 Å². The first-order valence-electron chi connectivity index (χ1n) is 3.35. The Hall–Kier alpha value is -0.720. The minimum absolute atomic E-state index is 0.0826. The number of sulfonamides is 1. The van der Waals surface area contributed by atoms with Crippen molar-refractivity contribution in [3.05, 3.63) is 18.2 Å². The summed E-state index contributed by atoms with van der Waals surface area (Å²) in [6.45, 7) is 0. The van der Waals surface area contributed by atoms with E-state index in [1.807, 2.05) is 0 Å². The summed E-state index contributed by atoms with van der Waals surface area (Å²) >= 11 is 3.98. The minimum Gasteiger partial charge on any atom is -0.495 e. The molecule has 0 spiro atoms. The average molecular weight is 219 g/mol. The molecule has 0 fully saturated rings. The van der Waals surface area contributed by atoms with Crippen molar-refractivity contribution in [1.29, 1.82) is 0 Å². The molecule has 0 saturated heterocycles. The average Bonchev–Trinajstić information content (AvgIpc) is 2.01. The molecule has 0 aliphatic heterocycles. The van der Waals surface area contributed by atoms with E-state index in [-0.39, 0.29) is 15.5 Å². The number of ether oxygens (including phenoxy) is 1. The number of primary sulfonamides is 1. The van der Waals surface area contributed by atoms with Gasteiger partial charge in [0.1, 0.15) is 10.6 Å². The van der Waals surface area contributed by atoms with E-state index < -0.39 is 10.0 Å². The maximum atomic E-state index is 11.1. The molecule has 0 aliphatic rings. The van der Waals surface area contributed by atoms with Crippen LogP contribution < -0.4 is 9.88 Å². The lowest BCUT2D eigenvalue weighted by atomic mass is 10.3. The zero-order valence-corrected chi connectivity index (χ0v) is 8.60. The molecule has 0 saturated carbocycles. The fourth-order valence-electron chi connectivity index (χ4n) is 0.951. The highest BCUT2D eigenvalue weighted by molar-refractivity contribution is 7.90. The Morgan fingerprint density at radius 3 is 2.46 bits per heavy atom. The number of nitrogens with two attached hydrogens (primary N) is 1. The molecular weight excluding hydrogens is 210 g/mol. The van der Waals surface area contributed by atoms with Crippen LogP contribution in [0, 0.1) is 0 Å². The Kier molecular flexibility index (Phi) is 2.84. The van der Waals surface area contributed by atoms with Crippen LogP contribution in [0.3, 0.4) is 0 Å². The summed E-state index contributed by atoms with van der Waals surface area (Å²) in [5.74, 6) is 0.204. The molecule has 0 amide bonds. The summed E-state index contributed by atoms with van der Waals surface area (Å²) in [4.78, 5) is 0.197. The van der Waals surface area contributed by atoms with Crippen molar-refractivity contribution in [3.8, 4) is 5.75 Å². The number of hydrogen-bond donors (Lipinski definition) is 2. The maximum absolute atomic E-state index is 11.1. The third-order valence-corrected chi connectivity index (χ3v) is 2.98. The van der Waals surface area contributed by atoms with Gasteiger partial charge in [-0.25, -0.2) is 13.6 Å². The summed E-state index contributed by atoms with van der Waals surface area (Å²) in [7, 11) is -2.41. The third kappa shape index (κ3) is 2.15. The van der Waals surface area contributed by atoms with Crippen LogP contribution in [-0.4, -0.2) is 15.5 Å². The van der Waals surface area contributed by atoms with E-state index in [1.54, 1.807) is 6.07 Å². The summed E-state index contributed by atoms with van der Waals surface area (Å²) in [6.07, 6.45) is 0. The molecule has 0 atom stereocenters. The van der Waals surface area contributed by atoms with Crippen LogP contribution in [0.15, 0.2) is 28.0 Å². The smallest absolute Gasteiger partial charge is 0.242 e. The molecule has 6 heteroatoms. The van der Waals surface area contributed by atoms with E-state index in [0.717, 1.165) is 0 Å². The van der Waals surface area contributed by atoms with Crippen molar-refractivity contribution >= 4 is 22.7 Å². The minimum atomic E-state index is -3.78. The van der Waals surface area contributed by atoms with Crippen molar-refractivity contribution < 1.29 is 13.2 Å². The standard InChI is InChI=1S/C7H9NO3S2/c1-11-5-3-2-4-6(12)7(5)13(8,9)10/h2-4,12H,1H3,(H2,8,9,10). The van der Waals surface area contributed by atoms with E-state index >= 15 is 0 Å². The third-order valence-electron chi connectivity index (χ3n) is 1.46. The Morgan fingerprint density at radius 1 is 1.46 bits per heavy atom. The van der Waals surface area contributed by atoms with Gasteiger partial charge in [-0.15, -0.1) is 12.6 Å². The Balaban J connectivity index is 3.50. The summed E-state index contributed by atoms with van der Waals surface area (Å²) in [5.41, 5.74) is 0. The highest BCUT2D eigenvalue weighted by atomic mass is 32.2. The van der Waals surface area contributed by atoms with Gasteiger partial charge in [0, 0.05) is 4.90 Å². The van der Waals surface area contributed by atoms with Gasteiger partial charge in [0.2, 0.25) is 10.0 Å². The van der Waals surface area contributed by atoms with Crippen molar-refractivity contribution in [2.24, 2.45) is 5.14 Å². The molecule has 1 rings (SSSR count). The highest BCUT2D eigenvalue weighted by Crippen LogP contribution is 2.28. The molecular formula is C7H9NO3S2. The second-order valence-corrected chi connectivity index (χ2v) is 4.33. The molecule has 1 aromatic rings. The first-order valence-corrected chi connectivity index (χ1v) is 5.35. The lowest BCUT2D eigenvalue weighted by Crippen LogP contribution is -2.14. The predicted octanol–water partition coefficient (Wildman–Crippen LogP) is 0.631. The lowest BCUT2D eigenvalue weighted by molar-refractivity contribution is 0.400. The van der Waals surface area contributed by atoms with Gasteiger partial charge in [0.25, 0.3) is 0 Å². The second kappa shape index (κ2) is 3.57. The van der Waals surface area contributed by atoms with Gasteiger partial charge in [-0.05, 0) is 12.1 Å². The monoisotopic (exact) mass is 219 g/mol. The van der Waals surface area contributed by atoms with Crippen molar-refractivity contribution in [1.82, 2.24) is 0 Å². The Morgan fingerprint density at radius 2 is 2.08 bits per heavy atom. The molecule has 4 nitrogen and oxygen atoms in total. The van der Waals surface area contributed by atoms with E-state index in [1.165, 1.54) is 19.2 Å². The maximum Gasteiger partial charge on any atom is 0.242 e. The van der Waals surface area contributed by atoms with Gasteiger partial charge < -0.3 is 4.74 Å². The number of rotatable bonds is 2. The summed E-state index contributed by atoms with van der Waals surface area (Å²) in [5, 5.41) is 4.98. The molecule has 2 N–H and O–H groups in total. The first kappa shape index (κ1) is 10.4. The fourth-order valence-corrected chi connectivity index (χ4v) is 2.32. The van der Waals surface area contributed by atoms with Gasteiger partial charge in [-0.3, -0.25) is 0 Å². The summed E-state index contributed by atoms with van der Waals surface area (Å²) < 4.78 is 27.0. The van der Waals surface area contributed by atoms with E-state index in [2.05, 4.69) is 12.6 Å². The molecule has 0 bridgehead atoms. The van der Waals surface area contributed by atoms with Crippen molar-refractivity contribution in [2.45, 2.75) is 9.79 Å².